The molecule has 1 unspecified atom stereocenters. The first kappa shape index (κ1) is 29.5. The molecule has 2 aliphatic heterocycles. The van der Waals surface area contributed by atoms with Gasteiger partial charge in [-0.3, -0.25) is 9.80 Å². The van der Waals surface area contributed by atoms with Crippen molar-refractivity contribution in [2.24, 2.45) is 0 Å². The highest BCUT2D eigenvalue weighted by molar-refractivity contribution is 5.78. The maximum Gasteiger partial charge on any atom is 0.406 e. The molecule has 6 rings (SSSR count). The van der Waals surface area contributed by atoms with Crippen LogP contribution in [0.25, 0.3) is 22.1 Å². The van der Waals surface area contributed by atoms with Gasteiger partial charge in [-0.25, -0.2) is 19.6 Å². The normalized spacial score (nSPS) is 18.8. The Labute approximate surface area is 255 Å². The number of alkyl carbamates (subject to hydrolysis) is 2. The quantitative estimate of drug-likeness (QED) is 0.225. The van der Waals surface area contributed by atoms with E-state index in [1.807, 2.05) is 36.4 Å². The van der Waals surface area contributed by atoms with Gasteiger partial charge in [-0.15, -0.1) is 0 Å². The van der Waals surface area contributed by atoms with Gasteiger partial charge >= 0.3 is 12.2 Å². The van der Waals surface area contributed by atoms with Crippen molar-refractivity contribution in [3.8, 4) is 11.8 Å². The Kier molecular flexibility index (Phi) is 8.95. The highest BCUT2D eigenvalue weighted by atomic mass is 16.5. The molecule has 2 aromatic carbocycles. The van der Waals surface area contributed by atoms with Crippen molar-refractivity contribution in [3.63, 3.8) is 0 Å². The van der Waals surface area contributed by atoms with Crippen LogP contribution in [0.2, 0.25) is 0 Å². The van der Waals surface area contributed by atoms with Crippen LogP contribution < -0.4 is 10.6 Å². The molecule has 2 saturated heterocycles. The maximum absolute atomic E-state index is 11.4. The molecular weight excluding hydrogens is 560 g/mol. The van der Waals surface area contributed by atoms with Gasteiger partial charge in [0.25, 0.3) is 0 Å². The summed E-state index contributed by atoms with van der Waals surface area (Å²) in [7, 11) is 2.74. The molecule has 2 atom stereocenters. The van der Waals surface area contributed by atoms with E-state index in [-0.39, 0.29) is 12.1 Å². The molecule has 4 N–H and O–H groups in total. The number of carbonyl (C=O) groups excluding carboxylic acids is 2. The lowest BCUT2D eigenvalue weighted by molar-refractivity contribution is 0.166. The third kappa shape index (κ3) is 6.64. The molecule has 2 fully saturated rings. The van der Waals surface area contributed by atoms with Gasteiger partial charge in [0, 0.05) is 37.3 Å². The monoisotopic (exact) mass is 598 g/mol. The van der Waals surface area contributed by atoms with E-state index in [0.29, 0.717) is 13.1 Å². The highest BCUT2D eigenvalue weighted by Crippen LogP contribution is 2.32. The van der Waals surface area contributed by atoms with Crippen molar-refractivity contribution < 1.29 is 19.1 Å². The van der Waals surface area contributed by atoms with E-state index in [1.165, 1.54) is 14.2 Å². The predicted molar refractivity (Wildman–Crippen MR) is 166 cm³/mol. The highest BCUT2D eigenvalue weighted by Gasteiger charge is 2.29. The summed E-state index contributed by atoms with van der Waals surface area (Å²) in [5.74, 6) is 8.51. The second-order valence-electron chi connectivity index (χ2n) is 11.2. The van der Waals surface area contributed by atoms with E-state index in [2.05, 4.69) is 51.7 Å². The van der Waals surface area contributed by atoms with Gasteiger partial charge in [0.05, 0.1) is 48.4 Å². The molecule has 0 saturated carbocycles. The van der Waals surface area contributed by atoms with Gasteiger partial charge in [-0.2, -0.15) is 0 Å². The van der Waals surface area contributed by atoms with Crippen LogP contribution in [-0.2, 0) is 9.47 Å². The number of methoxy groups -OCH3 is 2. The van der Waals surface area contributed by atoms with Crippen LogP contribution >= 0.6 is 0 Å². The van der Waals surface area contributed by atoms with Crippen molar-refractivity contribution in [1.29, 1.82) is 0 Å². The molecule has 0 radical (unpaired) electrons. The summed E-state index contributed by atoms with van der Waals surface area (Å²) >= 11 is 0. The number of hydrogen-bond acceptors (Lipinski definition) is 8. The van der Waals surface area contributed by atoms with Crippen molar-refractivity contribution in [1.82, 2.24) is 40.4 Å². The van der Waals surface area contributed by atoms with Gasteiger partial charge in [-0.05, 0) is 75.2 Å². The number of fused-ring (bicyclic) bond motifs is 2. The van der Waals surface area contributed by atoms with Crippen LogP contribution in [-0.4, -0.2) is 95.4 Å². The minimum absolute atomic E-state index is 0.190. The van der Waals surface area contributed by atoms with E-state index in [0.717, 1.165) is 96.7 Å². The number of benzene rings is 2. The predicted octanol–water partition coefficient (Wildman–Crippen LogP) is 3.82. The number of aromatic nitrogens is 4. The van der Waals surface area contributed by atoms with Crippen LogP contribution in [0.15, 0.2) is 36.4 Å². The number of ether oxygens (including phenoxy) is 2. The summed E-state index contributed by atoms with van der Waals surface area (Å²) in [5, 5.41) is 5.52. The first-order chi connectivity index (χ1) is 21.5. The Morgan fingerprint density at radius 1 is 0.795 bits per heavy atom. The fraction of sp³-hybridized carbons (Fsp3) is 0.438. The van der Waals surface area contributed by atoms with Gasteiger partial charge in [-0.1, -0.05) is 11.8 Å². The lowest BCUT2D eigenvalue weighted by Crippen LogP contribution is -2.34. The van der Waals surface area contributed by atoms with E-state index in [1.54, 1.807) is 0 Å². The smallest absolute Gasteiger partial charge is 0.406 e. The number of aromatic amines is 2. The van der Waals surface area contributed by atoms with Crippen LogP contribution in [0.5, 0.6) is 0 Å². The van der Waals surface area contributed by atoms with Gasteiger partial charge < -0.3 is 30.1 Å². The van der Waals surface area contributed by atoms with Crippen molar-refractivity contribution >= 4 is 34.3 Å². The van der Waals surface area contributed by atoms with Crippen molar-refractivity contribution in [2.75, 3.05) is 53.5 Å². The Morgan fingerprint density at radius 2 is 1.25 bits per heavy atom. The van der Waals surface area contributed by atoms with Gasteiger partial charge in [0.1, 0.15) is 11.6 Å². The largest absolute Gasteiger partial charge is 0.453 e. The average molecular weight is 599 g/mol. The molecule has 0 spiro atoms. The molecule has 4 aromatic rings. The number of carbonyl (C=O) groups is 2. The number of imidazole rings is 2. The molecule has 12 heteroatoms. The molecule has 2 aliphatic rings. The summed E-state index contributed by atoms with van der Waals surface area (Å²) in [4.78, 5) is 44.3. The first-order valence-corrected chi connectivity index (χ1v) is 15.1. The molecular formula is C32H38N8O4. The zero-order valence-corrected chi connectivity index (χ0v) is 25.1. The van der Waals surface area contributed by atoms with Crippen molar-refractivity contribution in [2.45, 2.75) is 37.8 Å². The second kappa shape index (κ2) is 13.4. The number of hydrogen-bond donors (Lipinski definition) is 4. The Balaban J connectivity index is 1.12. The fourth-order valence-corrected chi connectivity index (χ4v) is 6.23. The topological polar surface area (TPSA) is 140 Å². The minimum atomic E-state index is -0.411. The molecule has 230 valence electrons. The summed E-state index contributed by atoms with van der Waals surface area (Å²) < 4.78 is 9.34. The van der Waals surface area contributed by atoms with E-state index in [9.17, 15) is 9.59 Å². The standard InChI is InChI=1S/C32H38N8O4/c1-43-31(41)33-13-17-39-15-3-5-27(39)29-35-23-11-9-21(19-25(23)37-29)7-8-22-10-12-24-26(20-22)38-30(36-24)28-6-4-16-40(28)18-14-34-32(42)44-2/h9-12,19-20,27-28H,3-6,13-18H2,1-2H3,(H,33,41)(H,34,42)(H,35,37)(H,36,38)/t27-,28?/m0/s1. The Bertz CT molecular complexity index is 1580. The number of H-pyrrole nitrogens is 2. The number of amides is 2. The Morgan fingerprint density at radius 3 is 1.68 bits per heavy atom. The van der Waals surface area contributed by atoms with E-state index >= 15 is 0 Å². The molecule has 2 amide bonds. The van der Waals surface area contributed by atoms with Crippen LogP contribution in [0.1, 0.15) is 60.5 Å². The van der Waals surface area contributed by atoms with Crippen LogP contribution in [0, 0.1) is 11.8 Å². The molecule has 44 heavy (non-hydrogen) atoms. The zero-order chi connectivity index (χ0) is 30.5. The molecule has 2 aromatic heterocycles. The van der Waals surface area contributed by atoms with Crippen molar-refractivity contribution in [3.05, 3.63) is 59.2 Å². The lowest BCUT2D eigenvalue weighted by atomic mass is 10.1. The number of nitrogens with zero attached hydrogens (tertiary/aromatic N) is 4. The summed E-state index contributed by atoms with van der Waals surface area (Å²) in [6.45, 7) is 4.48. The summed E-state index contributed by atoms with van der Waals surface area (Å²) in [5.41, 5.74) is 5.57. The van der Waals surface area contributed by atoms with Crippen LogP contribution in [0.3, 0.4) is 0 Å². The molecule has 4 heterocycles. The van der Waals surface area contributed by atoms with E-state index < -0.39 is 12.2 Å². The minimum Gasteiger partial charge on any atom is -0.453 e. The third-order valence-corrected chi connectivity index (χ3v) is 8.42. The zero-order valence-electron chi connectivity index (χ0n) is 25.1. The molecule has 12 nitrogen and oxygen atoms in total. The SMILES string of the molecule is COC(=O)NCCN1CCCC1c1nc2ccc(C#Cc3ccc4nc([C@@H]5CCCN5CCNC(=O)OC)[nH]c4c3)cc2[nH]1. The van der Waals surface area contributed by atoms with Gasteiger partial charge in [0.15, 0.2) is 0 Å². The number of rotatable bonds is 8. The third-order valence-electron chi connectivity index (χ3n) is 8.42. The molecule has 0 aliphatic carbocycles. The first-order valence-electron chi connectivity index (χ1n) is 15.1. The second-order valence-corrected chi connectivity index (χ2v) is 11.2. The fourth-order valence-electron chi connectivity index (χ4n) is 6.23. The van der Waals surface area contributed by atoms with Crippen LogP contribution in [0.4, 0.5) is 9.59 Å². The average Bonchev–Trinajstić information content (AvgIpc) is 3.84. The Hall–Kier alpha value is -4.60. The lowest BCUT2D eigenvalue weighted by Gasteiger charge is -2.22. The number of likely N-dealkylation sites (tertiary alicyclic amines) is 2. The summed E-state index contributed by atoms with van der Waals surface area (Å²) in [6.07, 6.45) is 3.40. The summed E-state index contributed by atoms with van der Waals surface area (Å²) in [6, 6.07) is 12.5. The number of nitrogens with one attached hydrogen (secondary N) is 4. The molecule has 0 bridgehead atoms. The van der Waals surface area contributed by atoms with Gasteiger partial charge in [0.2, 0.25) is 0 Å². The van der Waals surface area contributed by atoms with E-state index in [4.69, 9.17) is 9.97 Å². The maximum atomic E-state index is 11.4.